The summed E-state index contributed by atoms with van der Waals surface area (Å²) in [6.07, 6.45) is 7.68. The average molecular weight is 415 g/mol. The highest BCUT2D eigenvalue weighted by atomic mass is 16.6. The van der Waals surface area contributed by atoms with E-state index in [1.54, 1.807) is 4.90 Å². The molecule has 1 amide bonds. The zero-order valence-corrected chi connectivity index (χ0v) is 17.4. The van der Waals surface area contributed by atoms with Crippen LogP contribution in [-0.2, 0) is 19.1 Å². The van der Waals surface area contributed by atoms with Crippen LogP contribution >= 0.6 is 0 Å². The van der Waals surface area contributed by atoms with Crippen LogP contribution in [0.15, 0.2) is 36.1 Å². The van der Waals surface area contributed by atoms with Crippen molar-refractivity contribution < 1.29 is 28.5 Å². The molecular formula is C23H29NO6. The zero-order valence-electron chi connectivity index (χ0n) is 17.4. The molecule has 1 saturated carbocycles. The van der Waals surface area contributed by atoms with E-state index in [0.29, 0.717) is 30.5 Å². The number of carbonyl (C=O) groups is 2. The molecule has 30 heavy (non-hydrogen) atoms. The van der Waals surface area contributed by atoms with E-state index in [1.807, 2.05) is 24.3 Å². The zero-order chi connectivity index (χ0) is 20.9. The molecule has 4 rings (SSSR count). The van der Waals surface area contributed by atoms with Gasteiger partial charge in [-0.05, 0) is 24.5 Å². The first-order valence-electron chi connectivity index (χ1n) is 10.7. The molecule has 2 heterocycles. The van der Waals surface area contributed by atoms with Gasteiger partial charge in [-0.15, -0.1) is 0 Å². The van der Waals surface area contributed by atoms with Crippen molar-refractivity contribution in [2.45, 2.75) is 50.7 Å². The second-order valence-electron chi connectivity index (χ2n) is 8.16. The van der Waals surface area contributed by atoms with Crippen LogP contribution in [-0.4, -0.2) is 55.8 Å². The standard InChI is InChI=1S/C23H29NO6/c1-27-23(26)19(11-16-7-3-2-4-8-16)24-13-17(12-22(24)25)28-14-18-15-29-20-9-5-6-10-21(20)30-18/h5-6,9-10,12,16,18-19H,2-4,7-8,11,13-15H2,1H3/t18-,19?/m0/s1. The topological polar surface area (TPSA) is 74.3 Å². The van der Waals surface area contributed by atoms with Crippen molar-refractivity contribution in [2.75, 3.05) is 26.9 Å². The molecule has 0 N–H and O–H groups in total. The van der Waals surface area contributed by atoms with Crippen molar-refractivity contribution in [3.8, 4) is 11.5 Å². The first-order valence-corrected chi connectivity index (χ1v) is 10.7. The van der Waals surface area contributed by atoms with E-state index in [4.69, 9.17) is 18.9 Å². The van der Waals surface area contributed by atoms with Crippen LogP contribution in [0.1, 0.15) is 38.5 Å². The van der Waals surface area contributed by atoms with Gasteiger partial charge in [-0.3, -0.25) is 4.79 Å². The molecule has 1 aliphatic carbocycles. The van der Waals surface area contributed by atoms with Gasteiger partial charge in [0, 0.05) is 6.08 Å². The van der Waals surface area contributed by atoms with Crippen LogP contribution in [0, 0.1) is 5.92 Å². The molecule has 0 bridgehead atoms. The van der Waals surface area contributed by atoms with Gasteiger partial charge >= 0.3 is 5.97 Å². The van der Waals surface area contributed by atoms with Gasteiger partial charge in [0.05, 0.1) is 13.7 Å². The maximum absolute atomic E-state index is 12.6. The van der Waals surface area contributed by atoms with Gasteiger partial charge < -0.3 is 23.8 Å². The van der Waals surface area contributed by atoms with Crippen molar-refractivity contribution >= 4 is 11.9 Å². The van der Waals surface area contributed by atoms with E-state index in [-0.39, 0.29) is 31.1 Å². The number of benzene rings is 1. The molecule has 0 aromatic heterocycles. The molecule has 1 aromatic rings. The molecular weight excluding hydrogens is 386 g/mol. The molecule has 0 spiro atoms. The van der Waals surface area contributed by atoms with E-state index in [0.717, 1.165) is 18.6 Å². The highest BCUT2D eigenvalue weighted by Gasteiger charge is 2.37. The van der Waals surface area contributed by atoms with Gasteiger partial charge in [0.15, 0.2) is 17.6 Å². The first kappa shape index (κ1) is 20.6. The molecule has 0 radical (unpaired) electrons. The fourth-order valence-electron chi connectivity index (χ4n) is 4.43. The molecule has 2 atom stereocenters. The summed E-state index contributed by atoms with van der Waals surface area (Å²) < 4.78 is 22.5. The lowest BCUT2D eigenvalue weighted by atomic mass is 9.84. The smallest absolute Gasteiger partial charge is 0.328 e. The number of esters is 1. The maximum Gasteiger partial charge on any atom is 0.328 e. The Morgan fingerprint density at radius 2 is 1.97 bits per heavy atom. The lowest BCUT2D eigenvalue weighted by molar-refractivity contribution is -0.151. The molecule has 1 unspecified atom stereocenters. The van der Waals surface area contributed by atoms with Crippen molar-refractivity contribution in [2.24, 2.45) is 5.92 Å². The third-order valence-corrected chi connectivity index (χ3v) is 6.05. The Kier molecular flexibility index (Phi) is 6.45. The highest BCUT2D eigenvalue weighted by Crippen LogP contribution is 2.32. The molecule has 1 aromatic carbocycles. The Hall–Kier alpha value is -2.70. The summed E-state index contributed by atoms with van der Waals surface area (Å²) in [5.74, 6) is 1.84. The first-order chi connectivity index (χ1) is 14.6. The largest absolute Gasteiger partial charge is 0.492 e. The maximum atomic E-state index is 12.6. The predicted octanol–water partition coefficient (Wildman–Crippen LogP) is 3.08. The summed E-state index contributed by atoms with van der Waals surface area (Å²) in [4.78, 5) is 26.6. The number of ether oxygens (including phenoxy) is 4. The van der Waals surface area contributed by atoms with Crippen molar-refractivity contribution in [3.05, 3.63) is 36.1 Å². The summed E-state index contributed by atoms with van der Waals surface area (Å²) in [5.41, 5.74) is 0. The number of para-hydroxylation sites is 2. The van der Waals surface area contributed by atoms with Crippen molar-refractivity contribution in [1.82, 2.24) is 4.90 Å². The number of hydrogen-bond acceptors (Lipinski definition) is 6. The summed E-state index contributed by atoms with van der Waals surface area (Å²) in [5, 5.41) is 0. The normalized spacial score (nSPS) is 22.4. The lowest BCUT2D eigenvalue weighted by Crippen LogP contribution is -2.44. The molecule has 3 aliphatic rings. The number of nitrogens with zero attached hydrogens (tertiary/aromatic N) is 1. The molecule has 1 fully saturated rings. The van der Waals surface area contributed by atoms with Gasteiger partial charge in [0.25, 0.3) is 5.91 Å². The van der Waals surface area contributed by atoms with Crippen LogP contribution in [0.2, 0.25) is 0 Å². The number of amides is 1. The van der Waals surface area contributed by atoms with E-state index in [9.17, 15) is 9.59 Å². The minimum atomic E-state index is -0.566. The Labute approximate surface area is 176 Å². The molecule has 0 saturated heterocycles. The average Bonchev–Trinajstić information content (AvgIpc) is 3.16. The molecule has 2 aliphatic heterocycles. The Morgan fingerprint density at radius 3 is 2.73 bits per heavy atom. The number of fused-ring (bicyclic) bond motifs is 1. The van der Waals surface area contributed by atoms with Gasteiger partial charge in [-0.1, -0.05) is 44.2 Å². The van der Waals surface area contributed by atoms with Crippen LogP contribution in [0.4, 0.5) is 0 Å². The highest BCUT2D eigenvalue weighted by molar-refractivity contribution is 5.94. The molecule has 7 heteroatoms. The van der Waals surface area contributed by atoms with Crippen LogP contribution in [0.3, 0.4) is 0 Å². The van der Waals surface area contributed by atoms with E-state index in [2.05, 4.69) is 0 Å². The summed E-state index contributed by atoms with van der Waals surface area (Å²) >= 11 is 0. The predicted molar refractivity (Wildman–Crippen MR) is 109 cm³/mol. The molecule has 7 nitrogen and oxygen atoms in total. The summed E-state index contributed by atoms with van der Waals surface area (Å²) in [6.45, 7) is 0.927. The Bertz CT molecular complexity index is 801. The van der Waals surface area contributed by atoms with Crippen LogP contribution < -0.4 is 9.47 Å². The quantitative estimate of drug-likeness (QED) is 0.637. The van der Waals surface area contributed by atoms with Crippen LogP contribution in [0.5, 0.6) is 11.5 Å². The monoisotopic (exact) mass is 415 g/mol. The second-order valence-corrected chi connectivity index (χ2v) is 8.16. The van der Waals surface area contributed by atoms with E-state index in [1.165, 1.54) is 32.4 Å². The number of rotatable bonds is 7. The third-order valence-electron chi connectivity index (χ3n) is 6.05. The summed E-state index contributed by atoms with van der Waals surface area (Å²) in [6, 6.07) is 6.94. The van der Waals surface area contributed by atoms with E-state index < -0.39 is 6.04 Å². The van der Waals surface area contributed by atoms with Crippen molar-refractivity contribution in [1.29, 1.82) is 0 Å². The minimum absolute atomic E-state index is 0.206. The van der Waals surface area contributed by atoms with Gasteiger partial charge in [-0.2, -0.15) is 0 Å². The third kappa shape index (κ3) is 4.71. The summed E-state index contributed by atoms with van der Waals surface area (Å²) in [7, 11) is 1.37. The van der Waals surface area contributed by atoms with E-state index >= 15 is 0 Å². The fraction of sp³-hybridized carbons (Fsp3) is 0.565. The fourth-order valence-corrected chi connectivity index (χ4v) is 4.43. The van der Waals surface area contributed by atoms with Crippen LogP contribution in [0.25, 0.3) is 0 Å². The lowest BCUT2D eigenvalue weighted by Gasteiger charge is -2.31. The minimum Gasteiger partial charge on any atom is -0.492 e. The van der Waals surface area contributed by atoms with Gasteiger partial charge in [-0.25, -0.2) is 4.79 Å². The van der Waals surface area contributed by atoms with Gasteiger partial charge in [0.1, 0.15) is 25.0 Å². The Morgan fingerprint density at radius 1 is 1.20 bits per heavy atom. The van der Waals surface area contributed by atoms with Crippen molar-refractivity contribution in [3.63, 3.8) is 0 Å². The second kappa shape index (κ2) is 9.41. The number of carbonyl (C=O) groups excluding carboxylic acids is 2. The Balaban J connectivity index is 1.32. The van der Waals surface area contributed by atoms with Gasteiger partial charge in [0.2, 0.25) is 0 Å². The molecule has 162 valence electrons. The number of methoxy groups -OCH3 is 1. The SMILES string of the molecule is COC(=O)C(CC1CCCCC1)N1CC(OC[C@H]2COc3ccccc3O2)=CC1=O. The number of hydrogen-bond donors (Lipinski definition) is 0.